The summed E-state index contributed by atoms with van der Waals surface area (Å²) in [6.07, 6.45) is 4.02. The van der Waals surface area contributed by atoms with Gasteiger partial charge in [0.15, 0.2) is 0 Å². The molecular weight excluding hydrogens is 491 g/mol. The third-order valence-corrected chi connectivity index (χ3v) is 6.94. The molecule has 2 atom stereocenters. The van der Waals surface area contributed by atoms with E-state index in [9.17, 15) is 19.5 Å². The highest BCUT2D eigenvalue weighted by molar-refractivity contribution is 6.40. The number of aromatic nitrogens is 2. The maximum atomic E-state index is 13.4. The predicted octanol–water partition coefficient (Wildman–Crippen LogP) is 4.91. The van der Waals surface area contributed by atoms with Crippen molar-refractivity contribution in [1.29, 1.82) is 0 Å². The molecule has 1 aliphatic heterocycles. The molecule has 0 radical (unpaired) electrons. The number of carboxylic acids is 1. The highest BCUT2D eigenvalue weighted by atomic mass is 35.5. The van der Waals surface area contributed by atoms with Crippen LogP contribution >= 0.6 is 23.2 Å². The van der Waals surface area contributed by atoms with E-state index in [1.54, 1.807) is 61.4 Å². The average molecular weight is 515 g/mol. The van der Waals surface area contributed by atoms with Crippen molar-refractivity contribution in [2.45, 2.75) is 32.7 Å². The number of fused-ring (bicyclic) bond motifs is 1. The van der Waals surface area contributed by atoms with Gasteiger partial charge in [0.2, 0.25) is 0 Å². The fourth-order valence-corrected chi connectivity index (χ4v) is 5.16. The standard InChI is InChI=1S/C25H24Cl2N4O4/c1-4-17(13(2)25(34)35)18-7-5-6-14-12-31(29-23(32)21(14)18)24(33)22-19(26)8-15(9-20(22)27)16-10-28-30(3)11-16/h5-11,13,17H,4,12H2,1-3H3,(H,29,32)(H,34,35)/t13-,17+/m0/s1. The van der Waals surface area contributed by atoms with Gasteiger partial charge in [-0.25, -0.2) is 5.01 Å². The highest BCUT2D eigenvalue weighted by Gasteiger charge is 2.34. The molecule has 182 valence electrons. The molecule has 8 nitrogen and oxygen atoms in total. The lowest BCUT2D eigenvalue weighted by Crippen LogP contribution is -2.50. The topological polar surface area (TPSA) is 105 Å². The molecular formula is C25H24Cl2N4O4. The Morgan fingerprint density at radius 3 is 2.46 bits per heavy atom. The fourth-order valence-electron chi connectivity index (χ4n) is 4.51. The largest absolute Gasteiger partial charge is 0.481 e. The van der Waals surface area contributed by atoms with Crippen molar-refractivity contribution in [3.05, 3.63) is 75.0 Å². The molecule has 2 heterocycles. The second kappa shape index (κ2) is 9.71. The summed E-state index contributed by atoms with van der Waals surface area (Å²) >= 11 is 12.9. The first kappa shape index (κ1) is 24.8. The molecule has 2 amide bonds. The van der Waals surface area contributed by atoms with Crippen molar-refractivity contribution in [2.24, 2.45) is 13.0 Å². The van der Waals surface area contributed by atoms with Gasteiger partial charge in [-0.05, 0) is 41.2 Å². The molecule has 0 saturated heterocycles. The van der Waals surface area contributed by atoms with E-state index in [0.717, 1.165) is 5.56 Å². The van der Waals surface area contributed by atoms with Crippen LogP contribution in [0.4, 0.5) is 0 Å². The number of benzene rings is 2. The molecule has 0 spiro atoms. The molecule has 0 bridgehead atoms. The number of rotatable bonds is 6. The molecule has 1 aliphatic rings. The molecule has 1 aromatic heterocycles. The summed E-state index contributed by atoms with van der Waals surface area (Å²) in [6.45, 7) is 3.60. The van der Waals surface area contributed by atoms with Crippen LogP contribution in [-0.2, 0) is 18.4 Å². The minimum atomic E-state index is -0.929. The van der Waals surface area contributed by atoms with Gasteiger partial charge in [-0.2, -0.15) is 5.10 Å². The fraction of sp³-hybridized carbons (Fsp3) is 0.280. The van der Waals surface area contributed by atoms with E-state index in [-0.39, 0.29) is 28.1 Å². The highest BCUT2D eigenvalue weighted by Crippen LogP contribution is 2.36. The Morgan fingerprint density at radius 1 is 1.20 bits per heavy atom. The third kappa shape index (κ3) is 4.63. The van der Waals surface area contributed by atoms with Crippen molar-refractivity contribution in [1.82, 2.24) is 20.2 Å². The Hall–Kier alpha value is -3.36. The monoisotopic (exact) mass is 514 g/mol. The Kier molecular flexibility index (Phi) is 6.87. The van der Waals surface area contributed by atoms with Gasteiger partial charge >= 0.3 is 5.97 Å². The van der Waals surface area contributed by atoms with E-state index >= 15 is 0 Å². The van der Waals surface area contributed by atoms with Crippen molar-refractivity contribution < 1.29 is 19.5 Å². The lowest BCUT2D eigenvalue weighted by Gasteiger charge is -2.32. The Bertz CT molecular complexity index is 1310. The maximum Gasteiger partial charge on any atom is 0.306 e. The van der Waals surface area contributed by atoms with Gasteiger partial charge in [-0.15, -0.1) is 0 Å². The molecule has 2 N–H and O–H groups in total. The van der Waals surface area contributed by atoms with Gasteiger partial charge in [-0.1, -0.05) is 55.2 Å². The van der Waals surface area contributed by atoms with E-state index in [0.29, 0.717) is 28.7 Å². The van der Waals surface area contributed by atoms with Gasteiger partial charge in [-0.3, -0.25) is 24.5 Å². The van der Waals surface area contributed by atoms with Crippen LogP contribution in [-0.4, -0.2) is 37.7 Å². The van der Waals surface area contributed by atoms with Gasteiger partial charge in [0.25, 0.3) is 11.8 Å². The first-order chi connectivity index (χ1) is 16.6. The maximum absolute atomic E-state index is 13.4. The number of carboxylic acid groups (broad SMARTS) is 1. The van der Waals surface area contributed by atoms with Crippen LogP contribution in [0.5, 0.6) is 0 Å². The van der Waals surface area contributed by atoms with Crippen LogP contribution in [0.1, 0.15) is 58.0 Å². The lowest BCUT2D eigenvalue weighted by atomic mass is 9.81. The summed E-state index contributed by atoms with van der Waals surface area (Å²) in [5.41, 5.74) is 5.89. The van der Waals surface area contributed by atoms with Crippen LogP contribution in [0.3, 0.4) is 0 Å². The first-order valence-electron chi connectivity index (χ1n) is 11.1. The Labute approximate surface area is 212 Å². The van der Waals surface area contributed by atoms with Crippen LogP contribution in [0, 0.1) is 5.92 Å². The zero-order valence-electron chi connectivity index (χ0n) is 19.4. The summed E-state index contributed by atoms with van der Waals surface area (Å²) in [7, 11) is 1.79. The second-order valence-electron chi connectivity index (χ2n) is 8.57. The van der Waals surface area contributed by atoms with Gasteiger partial charge in [0.05, 0.1) is 34.3 Å². The van der Waals surface area contributed by atoms with Crippen molar-refractivity contribution in [2.75, 3.05) is 0 Å². The number of amides is 2. The van der Waals surface area contributed by atoms with E-state index in [1.165, 1.54) is 5.01 Å². The summed E-state index contributed by atoms with van der Waals surface area (Å²) < 4.78 is 1.64. The third-order valence-electron chi connectivity index (χ3n) is 6.35. The van der Waals surface area contributed by atoms with E-state index in [1.807, 2.05) is 6.92 Å². The second-order valence-corrected chi connectivity index (χ2v) is 9.39. The van der Waals surface area contributed by atoms with Crippen LogP contribution in [0.15, 0.2) is 42.7 Å². The summed E-state index contributed by atoms with van der Waals surface area (Å²) in [6, 6.07) is 8.57. The normalized spacial score (nSPS) is 14.8. The Morgan fingerprint density at radius 2 is 1.89 bits per heavy atom. The number of halogens is 2. The number of aliphatic carboxylic acids is 1. The number of carbonyl (C=O) groups is 3. The molecule has 3 aromatic rings. The molecule has 4 rings (SSSR count). The van der Waals surface area contributed by atoms with E-state index in [2.05, 4.69) is 10.5 Å². The number of hydrogen-bond acceptors (Lipinski definition) is 4. The molecule has 10 heteroatoms. The quantitative estimate of drug-likeness (QED) is 0.486. The molecule has 0 aliphatic carbocycles. The van der Waals surface area contributed by atoms with E-state index < -0.39 is 23.7 Å². The number of hydrazine groups is 1. The zero-order chi connectivity index (χ0) is 25.4. The Balaban J connectivity index is 1.66. The zero-order valence-corrected chi connectivity index (χ0v) is 20.9. The summed E-state index contributed by atoms with van der Waals surface area (Å²) in [5, 5.41) is 15.1. The van der Waals surface area contributed by atoms with Crippen molar-refractivity contribution in [3.8, 4) is 11.1 Å². The predicted molar refractivity (Wildman–Crippen MR) is 132 cm³/mol. The van der Waals surface area contributed by atoms with Gasteiger partial charge in [0, 0.05) is 24.4 Å². The van der Waals surface area contributed by atoms with Crippen LogP contribution in [0.25, 0.3) is 11.1 Å². The molecule has 35 heavy (non-hydrogen) atoms. The molecule has 0 saturated carbocycles. The SMILES string of the molecule is CC[C@@H](c1cccc2c1C(=O)NN(C(=O)c1c(Cl)cc(-c3cnn(C)c3)cc1Cl)C2)[C@H](C)C(=O)O. The number of nitrogens with one attached hydrogen (secondary N) is 1. The lowest BCUT2D eigenvalue weighted by molar-refractivity contribution is -0.141. The minimum absolute atomic E-state index is 0.0758. The van der Waals surface area contributed by atoms with Crippen molar-refractivity contribution in [3.63, 3.8) is 0 Å². The number of nitrogens with zero attached hydrogens (tertiary/aromatic N) is 3. The molecule has 0 fully saturated rings. The molecule has 0 unspecified atom stereocenters. The minimum Gasteiger partial charge on any atom is -0.481 e. The summed E-state index contributed by atoms with van der Waals surface area (Å²) in [5.74, 6) is -2.98. The van der Waals surface area contributed by atoms with Gasteiger partial charge in [0.1, 0.15) is 0 Å². The summed E-state index contributed by atoms with van der Waals surface area (Å²) in [4.78, 5) is 38.1. The average Bonchev–Trinajstić information content (AvgIpc) is 3.25. The van der Waals surface area contributed by atoms with E-state index in [4.69, 9.17) is 23.2 Å². The van der Waals surface area contributed by atoms with Crippen LogP contribution < -0.4 is 5.43 Å². The number of hydrogen-bond donors (Lipinski definition) is 2. The van der Waals surface area contributed by atoms with Gasteiger partial charge < -0.3 is 5.11 Å². The first-order valence-corrected chi connectivity index (χ1v) is 11.8. The van der Waals surface area contributed by atoms with Crippen LogP contribution in [0.2, 0.25) is 10.0 Å². The number of carbonyl (C=O) groups excluding carboxylic acids is 2. The molecule has 2 aromatic carbocycles. The smallest absolute Gasteiger partial charge is 0.306 e. The number of aryl methyl sites for hydroxylation is 1. The van der Waals surface area contributed by atoms with Crippen molar-refractivity contribution >= 4 is 41.0 Å².